The van der Waals surface area contributed by atoms with Crippen LogP contribution in [0.25, 0.3) is 0 Å². The van der Waals surface area contributed by atoms with E-state index in [0.29, 0.717) is 6.54 Å². The Morgan fingerprint density at radius 2 is 2.05 bits per heavy atom. The lowest BCUT2D eigenvalue weighted by Crippen LogP contribution is -2.44. The van der Waals surface area contributed by atoms with Crippen LogP contribution in [0.1, 0.15) is 26.2 Å². The summed E-state index contributed by atoms with van der Waals surface area (Å²) >= 11 is 0. The van der Waals surface area contributed by atoms with Gasteiger partial charge in [0, 0.05) is 25.9 Å². The summed E-state index contributed by atoms with van der Waals surface area (Å²) < 4.78 is 0. The van der Waals surface area contributed by atoms with Gasteiger partial charge in [-0.2, -0.15) is 0 Å². The number of carboxylic acids is 2. The SMILES string of the molecule is CCN1CC(C(=O)NC(CCC(=O)O)C(=O)O)CC1=O. The molecule has 3 N–H and O–H groups in total. The first-order chi connectivity index (χ1) is 9.35. The molecule has 0 bridgehead atoms. The summed E-state index contributed by atoms with van der Waals surface area (Å²) in [7, 11) is 0. The molecular formula is C12H18N2O6. The minimum Gasteiger partial charge on any atom is -0.481 e. The fraction of sp³-hybridized carbons (Fsp3) is 0.667. The quantitative estimate of drug-likeness (QED) is 0.568. The van der Waals surface area contributed by atoms with Crippen molar-refractivity contribution in [3.63, 3.8) is 0 Å². The molecule has 112 valence electrons. The molecule has 2 atom stereocenters. The number of nitrogens with zero attached hydrogens (tertiary/aromatic N) is 1. The van der Waals surface area contributed by atoms with Crippen molar-refractivity contribution in [3.05, 3.63) is 0 Å². The minimum absolute atomic E-state index is 0.0605. The molecule has 1 aliphatic heterocycles. The third-order valence-corrected chi connectivity index (χ3v) is 3.23. The zero-order valence-corrected chi connectivity index (χ0v) is 11.2. The van der Waals surface area contributed by atoms with Crippen molar-refractivity contribution in [3.8, 4) is 0 Å². The molecule has 8 nitrogen and oxygen atoms in total. The van der Waals surface area contributed by atoms with Gasteiger partial charge in [0.05, 0.1) is 5.92 Å². The molecule has 0 aliphatic carbocycles. The number of nitrogens with one attached hydrogen (secondary N) is 1. The van der Waals surface area contributed by atoms with E-state index >= 15 is 0 Å². The predicted octanol–water partition coefficient (Wildman–Crippen LogP) is -0.711. The Labute approximate surface area is 115 Å². The van der Waals surface area contributed by atoms with Gasteiger partial charge < -0.3 is 20.4 Å². The molecule has 2 unspecified atom stereocenters. The average Bonchev–Trinajstić information content (AvgIpc) is 2.75. The van der Waals surface area contributed by atoms with Crippen molar-refractivity contribution >= 4 is 23.8 Å². The number of rotatable bonds is 7. The molecule has 0 aromatic heterocycles. The highest BCUT2D eigenvalue weighted by atomic mass is 16.4. The lowest BCUT2D eigenvalue weighted by molar-refractivity contribution is -0.143. The molecule has 1 aliphatic rings. The summed E-state index contributed by atoms with van der Waals surface area (Å²) in [5.74, 6) is -3.64. The van der Waals surface area contributed by atoms with Gasteiger partial charge in [0.25, 0.3) is 0 Å². The van der Waals surface area contributed by atoms with Crippen molar-refractivity contribution in [2.24, 2.45) is 5.92 Å². The first kappa shape index (κ1) is 15.9. The van der Waals surface area contributed by atoms with Gasteiger partial charge in [0.1, 0.15) is 6.04 Å². The van der Waals surface area contributed by atoms with Crippen molar-refractivity contribution in [2.75, 3.05) is 13.1 Å². The van der Waals surface area contributed by atoms with Crippen LogP contribution in [-0.4, -0.2) is 58.0 Å². The number of aliphatic carboxylic acids is 2. The minimum atomic E-state index is -1.28. The Kier molecular flexibility index (Phi) is 5.48. The maximum Gasteiger partial charge on any atom is 0.326 e. The van der Waals surface area contributed by atoms with Gasteiger partial charge >= 0.3 is 11.9 Å². The summed E-state index contributed by atoms with van der Waals surface area (Å²) in [6.45, 7) is 2.57. The standard InChI is InChI=1S/C12H18N2O6/c1-2-14-6-7(5-9(14)15)11(18)13-8(12(19)20)3-4-10(16)17/h7-8H,2-6H2,1H3,(H,13,18)(H,16,17)(H,19,20). The fourth-order valence-electron chi connectivity index (χ4n) is 2.07. The summed E-state index contributed by atoms with van der Waals surface area (Å²) in [4.78, 5) is 46.3. The van der Waals surface area contributed by atoms with Crippen LogP contribution < -0.4 is 5.32 Å². The Hall–Kier alpha value is -2.12. The normalized spacial score (nSPS) is 19.8. The molecule has 2 amide bonds. The molecule has 1 heterocycles. The lowest BCUT2D eigenvalue weighted by Gasteiger charge is -2.17. The summed E-state index contributed by atoms with van der Waals surface area (Å²) in [5, 5.41) is 19.8. The Morgan fingerprint density at radius 1 is 1.40 bits per heavy atom. The van der Waals surface area contributed by atoms with Crippen LogP contribution in [0.15, 0.2) is 0 Å². The predicted molar refractivity (Wildman–Crippen MR) is 66.8 cm³/mol. The van der Waals surface area contributed by atoms with E-state index in [0.717, 1.165) is 0 Å². The van der Waals surface area contributed by atoms with Crippen molar-refractivity contribution in [1.82, 2.24) is 10.2 Å². The van der Waals surface area contributed by atoms with E-state index in [2.05, 4.69) is 5.32 Å². The van der Waals surface area contributed by atoms with Gasteiger partial charge in [0.15, 0.2) is 0 Å². The van der Waals surface area contributed by atoms with Crippen LogP contribution in [0.3, 0.4) is 0 Å². The molecule has 0 aromatic carbocycles. The highest BCUT2D eigenvalue weighted by Gasteiger charge is 2.35. The second-order valence-electron chi connectivity index (χ2n) is 4.67. The first-order valence-electron chi connectivity index (χ1n) is 6.37. The van der Waals surface area contributed by atoms with E-state index in [4.69, 9.17) is 10.2 Å². The third-order valence-electron chi connectivity index (χ3n) is 3.23. The van der Waals surface area contributed by atoms with Crippen molar-refractivity contribution in [2.45, 2.75) is 32.2 Å². The van der Waals surface area contributed by atoms with E-state index in [1.165, 1.54) is 4.90 Å². The van der Waals surface area contributed by atoms with Gasteiger partial charge in [0.2, 0.25) is 11.8 Å². The van der Waals surface area contributed by atoms with Gasteiger partial charge in [-0.25, -0.2) is 4.79 Å². The van der Waals surface area contributed by atoms with Crippen LogP contribution in [0.2, 0.25) is 0 Å². The summed E-state index contributed by atoms with van der Waals surface area (Å²) in [6, 6.07) is -1.25. The largest absolute Gasteiger partial charge is 0.481 e. The molecule has 0 radical (unpaired) electrons. The molecule has 1 rings (SSSR count). The number of hydrogen-bond donors (Lipinski definition) is 3. The second kappa shape index (κ2) is 6.88. The Bertz CT molecular complexity index is 422. The first-order valence-corrected chi connectivity index (χ1v) is 6.37. The van der Waals surface area contributed by atoms with E-state index in [9.17, 15) is 19.2 Å². The highest BCUT2D eigenvalue weighted by Crippen LogP contribution is 2.17. The molecular weight excluding hydrogens is 268 g/mol. The summed E-state index contributed by atoms with van der Waals surface area (Å²) in [6.07, 6.45) is -0.471. The maximum absolute atomic E-state index is 11.9. The molecule has 0 aromatic rings. The fourth-order valence-corrected chi connectivity index (χ4v) is 2.07. The number of hydrogen-bond acceptors (Lipinski definition) is 4. The van der Waals surface area contributed by atoms with Crippen molar-refractivity contribution < 1.29 is 29.4 Å². The molecule has 0 spiro atoms. The van der Waals surface area contributed by atoms with Crippen LogP contribution in [0.4, 0.5) is 0 Å². The molecule has 20 heavy (non-hydrogen) atoms. The topological polar surface area (TPSA) is 124 Å². The van der Waals surface area contributed by atoms with Gasteiger partial charge in [-0.05, 0) is 13.3 Å². The lowest BCUT2D eigenvalue weighted by atomic mass is 10.1. The Balaban J connectivity index is 2.56. The van der Waals surface area contributed by atoms with Gasteiger partial charge in [-0.3, -0.25) is 14.4 Å². The number of carbonyl (C=O) groups is 4. The number of carboxylic acid groups (broad SMARTS) is 2. The molecule has 1 saturated heterocycles. The Morgan fingerprint density at radius 3 is 2.50 bits per heavy atom. The summed E-state index contributed by atoms with van der Waals surface area (Å²) in [5.41, 5.74) is 0. The van der Waals surface area contributed by atoms with Crippen LogP contribution in [-0.2, 0) is 19.2 Å². The second-order valence-corrected chi connectivity index (χ2v) is 4.67. The zero-order valence-electron chi connectivity index (χ0n) is 11.2. The van der Waals surface area contributed by atoms with E-state index < -0.39 is 29.8 Å². The zero-order chi connectivity index (χ0) is 15.3. The molecule has 1 fully saturated rings. The molecule has 0 saturated carbocycles. The number of amides is 2. The van der Waals surface area contributed by atoms with Crippen LogP contribution >= 0.6 is 0 Å². The van der Waals surface area contributed by atoms with Crippen molar-refractivity contribution in [1.29, 1.82) is 0 Å². The highest BCUT2D eigenvalue weighted by molar-refractivity contribution is 5.91. The van der Waals surface area contributed by atoms with E-state index in [-0.39, 0.29) is 31.7 Å². The monoisotopic (exact) mass is 286 g/mol. The smallest absolute Gasteiger partial charge is 0.326 e. The van der Waals surface area contributed by atoms with Crippen LogP contribution in [0.5, 0.6) is 0 Å². The third kappa shape index (κ3) is 4.22. The average molecular weight is 286 g/mol. The van der Waals surface area contributed by atoms with E-state index in [1.54, 1.807) is 6.92 Å². The van der Waals surface area contributed by atoms with Crippen LogP contribution in [0, 0.1) is 5.92 Å². The van der Waals surface area contributed by atoms with Gasteiger partial charge in [-0.1, -0.05) is 0 Å². The van der Waals surface area contributed by atoms with Gasteiger partial charge in [-0.15, -0.1) is 0 Å². The number of carbonyl (C=O) groups excluding carboxylic acids is 2. The number of likely N-dealkylation sites (tertiary alicyclic amines) is 1. The maximum atomic E-state index is 11.9. The molecule has 8 heteroatoms. The van der Waals surface area contributed by atoms with E-state index in [1.807, 2.05) is 0 Å².